The Labute approximate surface area is 145 Å². The van der Waals surface area contributed by atoms with Gasteiger partial charge >= 0.3 is 0 Å². The molecule has 0 radical (unpaired) electrons. The van der Waals surface area contributed by atoms with Gasteiger partial charge in [-0.2, -0.15) is 0 Å². The van der Waals surface area contributed by atoms with Crippen LogP contribution in [-0.4, -0.2) is 12.1 Å². The van der Waals surface area contributed by atoms with Crippen LogP contribution < -0.4 is 5.32 Å². The van der Waals surface area contributed by atoms with Crippen LogP contribution in [-0.2, 0) is 6.42 Å². The molecule has 0 saturated heterocycles. The van der Waals surface area contributed by atoms with Crippen LogP contribution in [0.4, 0.5) is 11.4 Å². The van der Waals surface area contributed by atoms with Gasteiger partial charge in [-0.1, -0.05) is 37.3 Å². The van der Waals surface area contributed by atoms with E-state index < -0.39 is 0 Å². The van der Waals surface area contributed by atoms with E-state index in [2.05, 4.69) is 29.4 Å². The Bertz CT molecular complexity index is 853. The van der Waals surface area contributed by atoms with E-state index in [4.69, 9.17) is 0 Å². The topological polar surface area (TPSA) is 41.5 Å². The minimum atomic E-state index is -0.158. The second kappa shape index (κ2) is 7.70. The molecule has 3 nitrogen and oxygen atoms in total. The van der Waals surface area contributed by atoms with Crippen LogP contribution in [0, 0.1) is 0 Å². The van der Waals surface area contributed by atoms with Crippen molar-refractivity contribution in [2.75, 3.05) is 5.32 Å². The maximum absolute atomic E-state index is 12.5. The Morgan fingerprint density at radius 3 is 2.54 bits per heavy atom. The summed E-state index contributed by atoms with van der Waals surface area (Å²) in [5, 5.41) is 2.90. The van der Waals surface area contributed by atoms with Gasteiger partial charge in [0.2, 0.25) is 0 Å². The summed E-state index contributed by atoms with van der Waals surface area (Å²) >= 11 is 1.72. The Hall–Kier alpha value is -2.72. The monoisotopic (exact) mass is 334 g/mol. The number of aliphatic imine (C=N–C) groups is 1. The van der Waals surface area contributed by atoms with Gasteiger partial charge in [-0.25, -0.2) is 0 Å². The summed E-state index contributed by atoms with van der Waals surface area (Å²) in [6, 6.07) is 21.0. The molecule has 1 N–H and O–H groups in total. The van der Waals surface area contributed by atoms with Crippen LogP contribution in [0.15, 0.2) is 71.7 Å². The van der Waals surface area contributed by atoms with Crippen molar-refractivity contribution in [3.63, 3.8) is 0 Å². The molecule has 2 aromatic carbocycles. The second-order valence-corrected chi connectivity index (χ2v) is 6.45. The summed E-state index contributed by atoms with van der Waals surface area (Å²) in [4.78, 5) is 19.4. The molecule has 120 valence electrons. The third kappa shape index (κ3) is 3.97. The third-order valence-electron chi connectivity index (χ3n) is 3.54. The molecule has 0 spiro atoms. The number of nitrogens with one attached hydrogen (secondary N) is 1. The SMILES string of the molecule is CCc1ccc(C=Nc2ccccc2C(=O)Nc2ccccc2)s1. The molecule has 0 aliphatic rings. The molecule has 0 bridgehead atoms. The largest absolute Gasteiger partial charge is 0.322 e. The lowest BCUT2D eigenvalue weighted by molar-refractivity contribution is 0.102. The van der Waals surface area contributed by atoms with E-state index in [0.717, 1.165) is 17.0 Å². The fourth-order valence-electron chi connectivity index (χ4n) is 2.29. The fraction of sp³-hybridized carbons (Fsp3) is 0.100. The standard InChI is InChI=1S/C20H18N2OS/c1-2-16-12-13-17(24-16)14-21-19-11-7-6-10-18(19)20(23)22-15-8-4-3-5-9-15/h3-14H,2H2,1H3,(H,22,23). The number of para-hydroxylation sites is 2. The molecule has 0 unspecified atom stereocenters. The molecule has 0 atom stereocenters. The van der Waals surface area contributed by atoms with Gasteiger partial charge in [0.1, 0.15) is 0 Å². The van der Waals surface area contributed by atoms with Crippen molar-refractivity contribution in [1.82, 2.24) is 0 Å². The highest BCUT2D eigenvalue weighted by molar-refractivity contribution is 7.13. The highest BCUT2D eigenvalue weighted by atomic mass is 32.1. The van der Waals surface area contributed by atoms with Crippen molar-refractivity contribution in [3.8, 4) is 0 Å². The number of aryl methyl sites for hydroxylation is 1. The molecule has 1 amide bonds. The Morgan fingerprint density at radius 1 is 1.04 bits per heavy atom. The smallest absolute Gasteiger partial charge is 0.257 e. The van der Waals surface area contributed by atoms with Crippen molar-refractivity contribution in [3.05, 3.63) is 82.0 Å². The number of thiophene rings is 1. The van der Waals surface area contributed by atoms with Gasteiger partial charge in [0.15, 0.2) is 0 Å². The van der Waals surface area contributed by atoms with Crippen LogP contribution in [0.3, 0.4) is 0 Å². The fourth-order valence-corrected chi connectivity index (χ4v) is 3.11. The molecular formula is C20H18N2OS. The average molecular weight is 334 g/mol. The maximum atomic E-state index is 12.5. The third-order valence-corrected chi connectivity index (χ3v) is 4.71. The van der Waals surface area contributed by atoms with Crippen molar-refractivity contribution >= 4 is 34.8 Å². The highest BCUT2D eigenvalue weighted by Crippen LogP contribution is 2.22. The van der Waals surface area contributed by atoms with E-state index >= 15 is 0 Å². The number of nitrogens with zero attached hydrogens (tertiary/aromatic N) is 1. The average Bonchev–Trinajstić information content (AvgIpc) is 3.09. The van der Waals surface area contributed by atoms with E-state index in [1.54, 1.807) is 17.4 Å². The van der Waals surface area contributed by atoms with Crippen LogP contribution in [0.25, 0.3) is 0 Å². The number of anilines is 1. The number of benzene rings is 2. The summed E-state index contributed by atoms with van der Waals surface area (Å²) in [6.07, 6.45) is 2.84. The zero-order valence-corrected chi connectivity index (χ0v) is 14.2. The molecular weight excluding hydrogens is 316 g/mol. The summed E-state index contributed by atoms with van der Waals surface area (Å²) < 4.78 is 0. The molecule has 3 aromatic rings. The van der Waals surface area contributed by atoms with Crippen LogP contribution in [0.5, 0.6) is 0 Å². The molecule has 0 aliphatic carbocycles. The highest BCUT2D eigenvalue weighted by Gasteiger charge is 2.10. The molecule has 24 heavy (non-hydrogen) atoms. The minimum Gasteiger partial charge on any atom is -0.322 e. The van der Waals surface area contributed by atoms with Crippen molar-refractivity contribution in [2.24, 2.45) is 4.99 Å². The predicted molar refractivity (Wildman–Crippen MR) is 102 cm³/mol. The summed E-state index contributed by atoms with van der Waals surface area (Å²) in [7, 11) is 0. The van der Waals surface area contributed by atoms with Crippen molar-refractivity contribution < 1.29 is 4.79 Å². The van der Waals surface area contributed by atoms with Gasteiger partial charge in [-0.05, 0) is 42.8 Å². The van der Waals surface area contributed by atoms with Crippen molar-refractivity contribution in [1.29, 1.82) is 0 Å². The molecule has 0 fully saturated rings. The number of hydrogen-bond donors (Lipinski definition) is 1. The van der Waals surface area contributed by atoms with E-state index in [9.17, 15) is 4.79 Å². The number of carbonyl (C=O) groups excluding carboxylic acids is 1. The first-order valence-electron chi connectivity index (χ1n) is 7.84. The van der Waals surface area contributed by atoms with Gasteiger partial charge in [-0.3, -0.25) is 9.79 Å². The molecule has 1 aromatic heterocycles. The lowest BCUT2D eigenvalue weighted by Gasteiger charge is -2.07. The Balaban J connectivity index is 1.81. The first kappa shape index (κ1) is 16.1. The molecule has 3 rings (SSSR count). The lowest BCUT2D eigenvalue weighted by atomic mass is 10.1. The number of carbonyl (C=O) groups is 1. The van der Waals surface area contributed by atoms with Crippen LogP contribution >= 0.6 is 11.3 Å². The van der Waals surface area contributed by atoms with Gasteiger partial charge in [0.25, 0.3) is 5.91 Å². The Morgan fingerprint density at radius 2 is 1.79 bits per heavy atom. The first-order valence-corrected chi connectivity index (χ1v) is 8.66. The molecule has 1 heterocycles. The van der Waals surface area contributed by atoms with Crippen molar-refractivity contribution in [2.45, 2.75) is 13.3 Å². The quantitative estimate of drug-likeness (QED) is 0.631. The normalized spacial score (nSPS) is 10.9. The zero-order valence-electron chi connectivity index (χ0n) is 13.4. The molecule has 4 heteroatoms. The van der Waals surface area contributed by atoms with E-state index in [1.807, 2.05) is 54.7 Å². The number of amides is 1. The van der Waals surface area contributed by atoms with Gasteiger partial charge < -0.3 is 5.32 Å². The molecule has 0 aliphatic heterocycles. The summed E-state index contributed by atoms with van der Waals surface area (Å²) in [5.74, 6) is -0.158. The van der Waals surface area contributed by atoms with Crippen LogP contribution in [0.2, 0.25) is 0 Å². The predicted octanol–water partition coefficient (Wildman–Crippen LogP) is 5.31. The molecule has 0 saturated carbocycles. The minimum absolute atomic E-state index is 0.158. The second-order valence-electron chi connectivity index (χ2n) is 5.25. The summed E-state index contributed by atoms with van der Waals surface area (Å²) in [6.45, 7) is 2.13. The van der Waals surface area contributed by atoms with E-state index in [1.165, 1.54) is 4.88 Å². The van der Waals surface area contributed by atoms with Crippen LogP contribution in [0.1, 0.15) is 27.0 Å². The van der Waals surface area contributed by atoms with E-state index in [0.29, 0.717) is 11.3 Å². The van der Waals surface area contributed by atoms with Gasteiger partial charge in [0.05, 0.1) is 11.3 Å². The Kier molecular flexibility index (Phi) is 5.18. The van der Waals surface area contributed by atoms with Gasteiger partial charge in [-0.15, -0.1) is 11.3 Å². The van der Waals surface area contributed by atoms with Gasteiger partial charge in [0, 0.05) is 21.7 Å². The lowest BCUT2D eigenvalue weighted by Crippen LogP contribution is -2.11. The van der Waals surface area contributed by atoms with E-state index in [-0.39, 0.29) is 5.91 Å². The number of hydrogen-bond acceptors (Lipinski definition) is 3. The maximum Gasteiger partial charge on any atom is 0.257 e. The first-order chi connectivity index (χ1) is 11.8. The number of rotatable bonds is 5. The zero-order chi connectivity index (χ0) is 16.8. The summed E-state index contributed by atoms with van der Waals surface area (Å²) in [5.41, 5.74) is 1.99.